The number of ketones is 1. The summed E-state index contributed by atoms with van der Waals surface area (Å²) in [6.45, 7) is 3.81. The lowest BCUT2D eigenvalue weighted by atomic mass is 9.41. The molecule has 0 aromatic carbocycles. The van der Waals surface area contributed by atoms with E-state index in [0.29, 0.717) is 19.4 Å². The maximum Gasteiger partial charge on any atom is 0.319 e. The van der Waals surface area contributed by atoms with Gasteiger partial charge in [0.25, 0.3) is 0 Å². The van der Waals surface area contributed by atoms with Crippen LogP contribution in [-0.4, -0.2) is 42.8 Å². The lowest BCUT2D eigenvalue weighted by Crippen LogP contribution is -2.73. The van der Waals surface area contributed by atoms with Gasteiger partial charge in [0, 0.05) is 36.2 Å². The Hall–Kier alpha value is -1.89. The van der Waals surface area contributed by atoms with Gasteiger partial charge in [0.1, 0.15) is 17.3 Å². The molecule has 2 saturated carbocycles. The Morgan fingerprint density at radius 2 is 2.07 bits per heavy atom. The van der Waals surface area contributed by atoms with E-state index in [4.69, 9.17) is 18.9 Å². The highest BCUT2D eigenvalue weighted by molar-refractivity contribution is 5.99. The monoisotopic (exact) mass is 388 g/mol. The Labute approximate surface area is 162 Å². The number of hydrogen-bond donors (Lipinski definition) is 0. The first-order chi connectivity index (χ1) is 13.3. The van der Waals surface area contributed by atoms with Gasteiger partial charge in [-0.15, -0.1) is 0 Å². The summed E-state index contributed by atoms with van der Waals surface area (Å²) in [5, 5.41) is 0. The summed E-state index contributed by atoms with van der Waals surface area (Å²) in [5.74, 6) is -0.746. The molecule has 0 aromatic rings. The fourth-order valence-corrected chi connectivity index (χ4v) is 7.68. The molecular formula is C21H24O7. The van der Waals surface area contributed by atoms with Crippen LogP contribution < -0.4 is 0 Å². The number of fused-ring (bicyclic) bond motifs is 4. The minimum Gasteiger partial charge on any atom is -0.489 e. The van der Waals surface area contributed by atoms with Crippen molar-refractivity contribution < 1.29 is 33.3 Å². The SMILES string of the molecule is CC(=O)O[C@]12CC[C@@]3(CO1)[C@@H]1CCC4=C(OCC4=O)[C@@H]1C[C@@H]1OC(=O)[C@@]2(C)[C@H]13. The third-order valence-corrected chi connectivity index (χ3v) is 8.63. The van der Waals surface area contributed by atoms with E-state index in [2.05, 4.69) is 0 Å². The van der Waals surface area contributed by atoms with Crippen LogP contribution in [-0.2, 0) is 33.3 Å². The lowest BCUT2D eigenvalue weighted by Gasteiger charge is -2.67. The molecule has 4 aliphatic heterocycles. The predicted molar refractivity (Wildman–Crippen MR) is 92.4 cm³/mol. The van der Waals surface area contributed by atoms with Crippen molar-refractivity contribution in [2.45, 2.75) is 57.8 Å². The van der Waals surface area contributed by atoms with E-state index in [1.807, 2.05) is 6.92 Å². The third kappa shape index (κ3) is 1.66. The summed E-state index contributed by atoms with van der Waals surface area (Å²) in [6.07, 6.45) is 3.36. The Morgan fingerprint density at radius 3 is 2.79 bits per heavy atom. The first-order valence-corrected chi connectivity index (χ1v) is 10.3. The Balaban J connectivity index is 1.48. The molecule has 0 aromatic heterocycles. The molecule has 7 heteroatoms. The standard InChI is InChI=1S/C21H24O7/c1-10(22)28-21-6-5-20(9-26-21)13-4-3-11-14(23)8-25-16(11)12(13)7-15-17(20)19(21,2)18(24)27-15/h12-13,15,17H,3-9H2,1-2H3/t12-,13-,15+,17+,19-,20-,21+/m1/s1. The van der Waals surface area contributed by atoms with Crippen molar-refractivity contribution in [1.82, 2.24) is 0 Å². The highest BCUT2D eigenvalue weighted by Crippen LogP contribution is 2.73. The molecule has 3 saturated heterocycles. The van der Waals surface area contributed by atoms with Gasteiger partial charge in [-0.2, -0.15) is 0 Å². The minimum atomic E-state index is -1.23. The quantitative estimate of drug-likeness (QED) is 0.634. The van der Waals surface area contributed by atoms with Gasteiger partial charge in [-0.25, -0.2) is 0 Å². The molecule has 4 heterocycles. The van der Waals surface area contributed by atoms with E-state index >= 15 is 0 Å². The average Bonchev–Trinajstić information content (AvgIpc) is 3.16. The molecule has 28 heavy (non-hydrogen) atoms. The van der Waals surface area contributed by atoms with Gasteiger partial charge in [-0.3, -0.25) is 14.4 Å². The molecule has 7 rings (SSSR count). The van der Waals surface area contributed by atoms with Crippen molar-refractivity contribution in [3.63, 3.8) is 0 Å². The molecule has 150 valence electrons. The van der Waals surface area contributed by atoms with Crippen LogP contribution in [0, 0.1) is 28.6 Å². The Morgan fingerprint density at radius 1 is 1.25 bits per heavy atom. The molecule has 5 fully saturated rings. The third-order valence-electron chi connectivity index (χ3n) is 8.63. The highest BCUT2D eigenvalue weighted by atomic mass is 16.7. The van der Waals surface area contributed by atoms with Gasteiger partial charge in [0.05, 0.1) is 6.61 Å². The van der Waals surface area contributed by atoms with E-state index in [-0.39, 0.29) is 47.6 Å². The summed E-state index contributed by atoms with van der Waals surface area (Å²) in [6, 6.07) is 0. The van der Waals surface area contributed by atoms with Crippen molar-refractivity contribution in [2.75, 3.05) is 13.2 Å². The summed E-state index contributed by atoms with van der Waals surface area (Å²) < 4.78 is 23.7. The Bertz CT molecular complexity index is 849. The van der Waals surface area contributed by atoms with Crippen LogP contribution in [0.2, 0.25) is 0 Å². The number of allylic oxidation sites excluding steroid dienone is 1. The zero-order valence-corrected chi connectivity index (χ0v) is 16.1. The van der Waals surface area contributed by atoms with E-state index in [9.17, 15) is 14.4 Å². The number of carbonyl (C=O) groups is 3. The second-order valence-electron chi connectivity index (χ2n) is 9.53. The smallest absolute Gasteiger partial charge is 0.319 e. The molecule has 7 nitrogen and oxygen atoms in total. The van der Waals surface area contributed by atoms with Gasteiger partial charge >= 0.3 is 11.9 Å². The van der Waals surface area contributed by atoms with Crippen molar-refractivity contribution in [1.29, 1.82) is 0 Å². The molecule has 0 N–H and O–H groups in total. The van der Waals surface area contributed by atoms with E-state index < -0.39 is 17.2 Å². The molecule has 7 atom stereocenters. The largest absolute Gasteiger partial charge is 0.489 e. The fraction of sp³-hybridized carbons (Fsp3) is 0.762. The first kappa shape index (κ1) is 17.0. The van der Waals surface area contributed by atoms with Crippen LogP contribution in [0.3, 0.4) is 0 Å². The van der Waals surface area contributed by atoms with Gasteiger partial charge < -0.3 is 18.9 Å². The number of Topliss-reactive ketones (excluding diaryl/α,β-unsaturated/α-hetero) is 1. The van der Waals surface area contributed by atoms with Gasteiger partial charge in [-0.05, 0) is 38.5 Å². The van der Waals surface area contributed by atoms with Gasteiger partial charge in [-0.1, -0.05) is 0 Å². The van der Waals surface area contributed by atoms with Crippen molar-refractivity contribution in [3.8, 4) is 0 Å². The number of hydrogen-bond acceptors (Lipinski definition) is 7. The molecule has 3 aliphatic carbocycles. The van der Waals surface area contributed by atoms with E-state index in [1.165, 1.54) is 6.92 Å². The van der Waals surface area contributed by atoms with Gasteiger partial charge in [0.15, 0.2) is 12.4 Å². The van der Waals surface area contributed by atoms with Crippen LogP contribution in [0.1, 0.15) is 46.0 Å². The first-order valence-electron chi connectivity index (χ1n) is 10.3. The van der Waals surface area contributed by atoms with Crippen LogP contribution in [0.15, 0.2) is 11.3 Å². The maximum atomic E-state index is 13.1. The molecular weight excluding hydrogens is 364 g/mol. The molecule has 0 amide bonds. The normalized spacial score (nSPS) is 50.5. The van der Waals surface area contributed by atoms with Crippen LogP contribution in [0.25, 0.3) is 0 Å². The van der Waals surface area contributed by atoms with E-state index in [0.717, 1.165) is 30.6 Å². The fourth-order valence-electron chi connectivity index (χ4n) is 7.68. The van der Waals surface area contributed by atoms with Gasteiger partial charge in [0.2, 0.25) is 5.79 Å². The molecule has 0 unspecified atom stereocenters. The number of carbonyl (C=O) groups excluding carboxylic acids is 3. The second kappa shape index (κ2) is 4.99. The topological polar surface area (TPSA) is 88.1 Å². The predicted octanol–water partition coefficient (Wildman–Crippen LogP) is 1.89. The summed E-state index contributed by atoms with van der Waals surface area (Å²) in [5.41, 5.74) is -0.375. The Kier molecular flexibility index (Phi) is 3.03. The minimum absolute atomic E-state index is 0.0464. The second-order valence-corrected chi connectivity index (χ2v) is 9.53. The molecule has 0 radical (unpaired) electrons. The zero-order valence-electron chi connectivity index (χ0n) is 16.1. The number of esters is 2. The number of ether oxygens (including phenoxy) is 4. The molecule has 2 bridgehead atoms. The number of rotatable bonds is 1. The summed E-state index contributed by atoms with van der Waals surface area (Å²) in [7, 11) is 0. The molecule has 1 spiro atoms. The summed E-state index contributed by atoms with van der Waals surface area (Å²) >= 11 is 0. The summed E-state index contributed by atoms with van der Waals surface area (Å²) in [4.78, 5) is 37.2. The van der Waals surface area contributed by atoms with Crippen LogP contribution in [0.4, 0.5) is 0 Å². The lowest BCUT2D eigenvalue weighted by molar-refractivity contribution is -0.376. The van der Waals surface area contributed by atoms with Crippen molar-refractivity contribution in [3.05, 3.63) is 11.3 Å². The highest BCUT2D eigenvalue weighted by Gasteiger charge is 2.81. The van der Waals surface area contributed by atoms with Crippen molar-refractivity contribution in [2.24, 2.45) is 28.6 Å². The van der Waals surface area contributed by atoms with Crippen molar-refractivity contribution >= 4 is 17.7 Å². The van der Waals surface area contributed by atoms with E-state index in [1.54, 1.807) is 0 Å². The van der Waals surface area contributed by atoms with Crippen LogP contribution >= 0.6 is 0 Å². The zero-order chi connectivity index (χ0) is 19.5. The van der Waals surface area contributed by atoms with Crippen LogP contribution in [0.5, 0.6) is 0 Å². The maximum absolute atomic E-state index is 13.1. The molecule has 7 aliphatic rings. The average molecular weight is 388 g/mol.